The minimum absolute atomic E-state index is 0.138. The van der Waals surface area contributed by atoms with Crippen LogP contribution in [0.5, 0.6) is 23.0 Å². The minimum Gasteiger partial charge on any atom is -0.497 e. The maximum atomic E-state index is 5.85. The Labute approximate surface area is 155 Å². The number of hydrogen-bond donors (Lipinski definition) is 1. The van der Waals surface area contributed by atoms with Crippen molar-refractivity contribution in [1.82, 2.24) is 0 Å². The predicted octanol–water partition coefficient (Wildman–Crippen LogP) is 2.71. The second-order valence-corrected chi connectivity index (χ2v) is 6.22. The molecule has 0 saturated heterocycles. The van der Waals surface area contributed by atoms with Crippen LogP contribution in [0.25, 0.3) is 0 Å². The molecular weight excluding hydrogens is 330 g/mol. The first-order valence-electron chi connectivity index (χ1n) is 9.19. The second kappa shape index (κ2) is 8.32. The number of hydrogen-bond acceptors (Lipinski definition) is 4. The van der Waals surface area contributed by atoms with Crippen molar-refractivity contribution in [2.24, 2.45) is 0 Å². The summed E-state index contributed by atoms with van der Waals surface area (Å²) in [6.45, 7) is 6.22. The fraction of sp³-hybridized carbons (Fsp3) is 0.429. The number of quaternary nitrogens is 1. The van der Waals surface area contributed by atoms with Gasteiger partial charge in [-0.25, -0.2) is 0 Å². The summed E-state index contributed by atoms with van der Waals surface area (Å²) in [7, 11) is 3.39. The highest BCUT2D eigenvalue weighted by Crippen LogP contribution is 2.39. The third-order valence-corrected chi connectivity index (χ3v) is 4.73. The Hall–Kier alpha value is -2.40. The van der Waals surface area contributed by atoms with Crippen LogP contribution in [0.1, 0.15) is 36.6 Å². The largest absolute Gasteiger partial charge is 0.497 e. The number of benzene rings is 2. The molecule has 0 fully saturated rings. The van der Waals surface area contributed by atoms with Gasteiger partial charge in [0.25, 0.3) is 0 Å². The smallest absolute Gasteiger partial charge is 0.161 e. The molecule has 0 amide bonds. The summed E-state index contributed by atoms with van der Waals surface area (Å²) >= 11 is 0. The van der Waals surface area contributed by atoms with E-state index < -0.39 is 0 Å². The fourth-order valence-corrected chi connectivity index (χ4v) is 3.57. The van der Waals surface area contributed by atoms with Gasteiger partial charge in [0.05, 0.1) is 39.5 Å². The van der Waals surface area contributed by atoms with E-state index in [0.29, 0.717) is 13.2 Å². The van der Waals surface area contributed by atoms with Crippen LogP contribution in [-0.4, -0.2) is 34.0 Å². The topological polar surface area (TPSA) is 53.5 Å². The zero-order valence-corrected chi connectivity index (χ0v) is 16.0. The molecule has 0 spiro atoms. The molecule has 140 valence electrons. The van der Waals surface area contributed by atoms with Gasteiger partial charge in [-0.1, -0.05) is 0 Å². The molecule has 0 unspecified atom stereocenters. The summed E-state index contributed by atoms with van der Waals surface area (Å²) < 4.78 is 22.7. The van der Waals surface area contributed by atoms with Crippen LogP contribution in [0.2, 0.25) is 0 Å². The molecule has 0 bridgehead atoms. The van der Waals surface area contributed by atoms with Gasteiger partial charge < -0.3 is 24.3 Å². The summed E-state index contributed by atoms with van der Waals surface area (Å²) in [6.07, 6.45) is 1.00. The third kappa shape index (κ3) is 3.58. The highest BCUT2D eigenvalue weighted by molar-refractivity contribution is 5.53. The summed E-state index contributed by atoms with van der Waals surface area (Å²) in [5.74, 6) is 3.32. The van der Waals surface area contributed by atoms with Crippen molar-refractivity contribution < 1.29 is 24.3 Å². The van der Waals surface area contributed by atoms with E-state index in [9.17, 15) is 0 Å². The summed E-state index contributed by atoms with van der Waals surface area (Å²) in [4.78, 5) is 0. The second-order valence-electron chi connectivity index (χ2n) is 6.22. The zero-order chi connectivity index (χ0) is 18.5. The molecule has 0 aromatic heterocycles. The zero-order valence-electron chi connectivity index (χ0n) is 16.0. The first-order chi connectivity index (χ1) is 12.7. The lowest BCUT2D eigenvalue weighted by atomic mass is 9.88. The molecule has 1 aliphatic rings. The molecule has 5 heteroatoms. The molecule has 2 aromatic carbocycles. The van der Waals surface area contributed by atoms with Crippen LogP contribution in [0.15, 0.2) is 30.3 Å². The van der Waals surface area contributed by atoms with Crippen LogP contribution >= 0.6 is 0 Å². The standard InChI is InChI=1S/C21H27NO4/c1-5-25-19-11-14-9-10-22-21(16(14)13-20(19)26-6-2)17-12-15(23-3)7-8-18(17)24-4/h7-8,11-13,21-22H,5-6,9-10H2,1-4H3/p+1/t21-/m1/s1. The highest BCUT2D eigenvalue weighted by Gasteiger charge is 2.30. The van der Waals surface area contributed by atoms with E-state index in [-0.39, 0.29) is 6.04 Å². The molecule has 3 rings (SSSR count). The number of rotatable bonds is 7. The van der Waals surface area contributed by atoms with E-state index in [1.54, 1.807) is 14.2 Å². The van der Waals surface area contributed by atoms with Crippen LogP contribution in [0, 0.1) is 0 Å². The first-order valence-corrected chi connectivity index (χ1v) is 9.19. The molecule has 2 aromatic rings. The number of methoxy groups -OCH3 is 2. The van der Waals surface area contributed by atoms with Crippen LogP contribution in [0.3, 0.4) is 0 Å². The molecule has 0 saturated carbocycles. The lowest BCUT2D eigenvalue weighted by molar-refractivity contribution is -0.690. The van der Waals surface area contributed by atoms with Crippen molar-refractivity contribution in [1.29, 1.82) is 0 Å². The van der Waals surface area contributed by atoms with Gasteiger partial charge in [-0.15, -0.1) is 0 Å². The summed E-state index contributed by atoms with van der Waals surface area (Å²) in [5.41, 5.74) is 3.66. The van der Waals surface area contributed by atoms with Crippen molar-refractivity contribution in [2.45, 2.75) is 26.3 Å². The van der Waals surface area contributed by atoms with Gasteiger partial charge in [0.2, 0.25) is 0 Å². The Morgan fingerprint density at radius 2 is 1.62 bits per heavy atom. The monoisotopic (exact) mass is 358 g/mol. The normalized spacial score (nSPS) is 15.9. The molecule has 26 heavy (non-hydrogen) atoms. The lowest BCUT2D eigenvalue weighted by Crippen LogP contribution is -2.87. The van der Waals surface area contributed by atoms with Crippen LogP contribution < -0.4 is 24.3 Å². The Bertz CT molecular complexity index is 760. The number of fused-ring (bicyclic) bond motifs is 1. The van der Waals surface area contributed by atoms with Crippen molar-refractivity contribution in [3.05, 3.63) is 47.0 Å². The maximum absolute atomic E-state index is 5.85. The molecule has 1 aliphatic heterocycles. The summed E-state index contributed by atoms with van der Waals surface area (Å²) in [6, 6.07) is 10.4. The van der Waals surface area contributed by atoms with Crippen molar-refractivity contribution in [3.63, 3.8) is 0 Å². The SMILES string of the molecule is CCOc1cc2c(cc1OCC)[C@H](c1cc(OC)ccc1OC)[NH2+]CC2. The molecular formula is C21H28NO4+. The Kier molecular flexibility index (Phi) is 5.89. The molecule has 5 nitrogen and oxygen atoms in total. The van der Waals surface area contributed by atoms with E-state index in [4.69, 9.17) is 18.9 Å². The van der Waals surface area contributed by atoms with E-state index in [1.807, 2.05) is 26.0 Å². The molecule has 2 N–H and O–H groups in total. The predicted molar refractivity (Wildman–Crippen MR) is 101 cm³/mol. The Morgan fingerprint density at radius 3 is 2.27 bits per heavy atom. The molecule has 0 radical (unpaired) electrons. The van der Waals surface area contributed by atoms with Gasteiger partial charge >= 0.3 is 0 Å². The van der Waals surface area contributed by atoms with Crippen molar-refractivity contribution in [2.75, 3.05) is 34.0 Å². The average Bonchev–Trinajstić information content (AvgIpc) is 2.68. The minimum atomic E-state index is 0.138. The third-order valence-electron chi connectivity index (χ3n) is 4.73. The van der Waals surface area contributed by atoms with Gasteiger partial charge in [-0.3, -0.25) is 0 Å². The lowest BCUT2D eigenvalue weighted by Gasteiger charge is -2.27. The highest BCUT2D eigenvalue weighted by atomic mass is 16.5. The van der Waals surface area contributed by atoms with Crippen LogP contribution in [-0.2, 0) is 6.42 Å². The van der Waals surface area contributed by atoms with Crippen LogP contribution in [0.4, 0.5) is 0 Å². The van der Waals surface area contributed by atoms with E-state index in [2.05, 4.69) is 23.5 Å². The van der Waals surface area contributed by atoms with Gasteiger partial charge in [0.1, 0.15) is 17.5 Å². The average molecular weight is 358 g/mol. The van der Waals surface area contributed by atoms with E-state index >= 15 is 0 Å². The molecule has 0 aliphatic carbocycles. The van der Waals surface area contributed by atoms with Gasteiger partial charge in [0, 0.05) is 12.0 Å². The molecule has 1 atom stereocenters. The quantitative estimate of drug-likeness (QED) is 0.827. The fourth-order valence-electron chi connectivity index (χ4n) is 3.57. The first kappa shape index (κ1) is 18.4. The van der Waals surface area contributed by atoms with Crippen molar-refractivity contribution >= 4 is 0 Å². The number of nitrogens with two attached hydrogens (primary N) is 1. The Morgan fingerprint density at radius 1 is 0.885 bits per heavy atom. The van der Waals surface area contributed by atoms with Gasteiger partial charge in [0.15, 0.2) is 11.5 Å². The van der Waals surface area contributed by atoms with Gasteiger partial charge in [-0.05, 0) is 49.7 Å². The summed E-state index contributed by atoms with van der Waals surface area (Å²) in [5, 5.41) is 2.34. The van der Waals surface area contributed by atoms with E-state index in [0.717, 1.165) is 41.5 Å². The van der Waals surface area contributed by atoms with Crippen molar-refractivity contribution in [3.8, 4) is 23.0 Å². The molecule has 1 heterocycles. The Balaban J connectivity index is 2.10. The maximum Gasteiger partial charge on any atom is 0.161 e. The van der Waals surface area contributed by atoms with E-state index in [1.165, 1.54) is 11.1 Å². The number of ether oxygens (including phenoxy) is 4. The van der Waals surface area contributed by atoms with Gasteiger partial charge in [-0.2, -0.15) is 0 Å².